The van der Waals surface area contributed by atoms with Gasteiger partial charge in [-0.15, -0.1) is 0 Å². The van der Waals surface area contributed by atoms with Crippen molar-refractivity contribution < 1.29 is 0 Å². The van der Waals surface area contributed by atoms with Crippen molar-refractivity contribution in [3.8, 4) is 0 Å². The Morgan fingerprint density at radius 1 is 1.06 bits per heavy atom. The number of nitrogens with one attached hydrogen (secondary N) is 2. The zero-order chi connectivity index (χ0) is 22.8. The van der Waals surface area contributed by atoms with Gasteiger partial charge in [0.15, 0.2) is 5.52 Å². The SMILES string of the molecule is O=c1[nH]c(NCc2ccc(Cl)c(Cl)c2)nc2cnn(C3CCN(Cc4ccncc4)CC3)c12. The van der Waals surface area contributed by atoms with Crippen LogP contribution in [-0.2, 0) is 13.1 Å². The van der Waals surface area contributed by atoms with Gasteiger partial charge in [0.1, 0.15) is 5.52 Å². The summed E-state index contributed by atoms with van der Waals surface area (Å²) in [6.45, 7) is 3.26. The van der Waals surface area contributed by atoms with Gasteiger partial charge in [0.05, 0.1) is 22.3 Å². The van der Waals surface area contributed by atoms with Gasteiger partial charge >= 0.3 is 0 Å². The zero-order valence-electron chi connectivity index (χ0n) is 17.8. The van der Waals surface area contributed by atoms with Crippen LogP contribution in [0.3, 0.4) is 0 Å². The molecule has 0 saturated carbocycles. The van der Waals surface area contributed by atoms with Crippen LogP contribution in [0, 0.1) is 0 Å². The summed E-state index contributed by atoms with van der Waals surface area (Å²) >= 11 is 12.0. The van der Waals surface area contributed by atoms with Crippen LogP contribution in [0.5, 0.6) is 0 Å². The minimum atomic E-state index is -0.201. The Balaban J connectivity index is 1.26. The summed E-state index contributed by atoms with van der Waals surface area (Å²) in [6.07, 6.45) is 7.17. The van der Waals surface area contributed by atoms with E-state index in [2.05, 4.69) is 30.3 Å². The van der Waals surface area contributed by atoms with Crippen molar-refractivity contribution in [2.45, 2.75) is 32.0 Å². The van der Waals surface area contributed by atoms with E-state index in [1.807, 2.05) is 35.3 Å². The maximum absolute atomic E-state index is 12.9. The predicted molar refractivity (Wildman–Crippen MR) is 130 cm³/mol. The molecule has 1 saturated heterocycles. The monoisotopic (exact) mass is 483 g/mol. The maximum Gasteiger partial charge on any atom is 0.278 e. The van der Waals surface area contributed by atoms with Gasteiger partial charge in [0.2, 0.25) is 5.95 Å². The van der Waals surface area contributed by atoms with Gasteiger partial charge in [-0.3, -0.25) is 24.3 Å². The Labute approximate surface area is 200 Å². The van der Waals surface area contributed by atoms with E-state index in [4.69, 9.17) is 23.2 Å². The fourth-order valence-corrected chi connectivity index (χ4v) is 4.56. The number of pyridine rings is 1. The number of fused-ring (bicyclic) bond motifs is 1. The number of hydrogen-bond donors (Lipinski definition) is 2. The zero-order valence-corrected chi connectivity index (χ0v) is 19.4. The van der Waals surface area contributed by atoms with E-state index in [1.54, 1.807) is 18.3 Å². The maximum atomic E-state index is 12.9. The molecule has 10 heteroatoms. The lowest BCUT2D eigenvalue weighted by atomic mass is 10.0. The van der Waals surface area contributed by atoms with Crippen molar-refractivity contribution in [3.05, 3.63) is 80.4 Å². The standard InChI is InChI=1S/C23H23Cl2N7O/c24-18-2-1-16(11-19(18)25)12-27-23-29-20-13-28-32(21(20)22(33)30-23)17-5-9-31(10-6-17)14-15-3-7-26-8-4-15/h1-4,7-8,11,13,17H,5-6,9-10,12,14H2,(H2,27,29,30,33). The summed E-state index contributed by atoms with van der Waals surface area (Å²) in [5.41, 5.74) is 3.08. The first-order valence-corrected chi connectivity index (χ1v) is 11.6. The number of aromatic nitrogens is 5. The van der Waals surface area contributed by atoms with Gasteiger partial charge in [-0.1, -0.05) is 29.3 Å². The number of hydrogen-bond acceptors (Lipinski definition) is 6. The van der Waals surface area contributed by atoms with Gasteiger partial charge < -0.3 is 5.32 Å². The Hall–Kier alpha value is -2.94. The third-order valence-corrected chi connectivity index (χ3v) is 6.70. The predicted octanol–water partition coefficient (Wildman–Crippen LogP) is 4.27. The molecule has 4 heterocycles. The third-order valence-electron chi connectivity index (χ3n) is 5.96. The Kier molecular flexibility index (Phi) is 6.30. The van der Waals surface area contributed by atoms with Gasteiger partial charge in [-0.2, -0.15) is 5.10 Å². The molecule has 8 nitrogen and oxygen atoms in total. The normalized spacial score (nSPS) is 15.2. The molecule has 1 aliphatic rings. The molecule has 2 N–H and O–H groups in total. The second kappa shape index (κ2) is 9.51. The van der Waals surface area contributed by atoms with Crippen LogP contribution in [0.4, 0.5) is 5.95 Å². The lowest BCUT2D eigenvalue weighted by Gasteiger charge is -2.32. The molecule has 0 unspecified atom stereocenters. The van der Waals surface area contributed by atoms with Crippen LogP contribution in [0.1, 0.15) is 30.0 Å². The summed E-state index contributed by atoms with van der Waals surface area (Å²) in [6, 6.07) is 9.67. The van der Waals surface area contributed by atoms with E-state index >= 15 is 0 Å². The Morgan fingerprint density at radius 3 is 2.61 bits per heavy atom. The highest BCUT2D eigenvalue weighted by molar-refractivity contribution is 6.42. The van der Waals surface area contributed by atoms with Crippen molar-refractivity contribution in [1.29, 1.82) is 0 Å². The summed E-state index contributed by atoms with van der Waals surface area (Å²) in [7, 11) is 0. The number of anilines is 1. The van der Waals surface area contributed by atoms with Crippen molar-refractivity contribution in [3.63, 3.8) is 0 Å². The number of likely N-dealkylation sites (tertiary alicyclic amines) is 1. The van der Waals surface area contributed by atoms with Crippen LogP contribution in [0.2, 0.25) is 10.0 Å². The van der Waals surface area contributed by atoms with Crippen LogP contribution >= 0.6 is 23.2 Å². The highest BCUT2D eigenvalue weighted by Gasteiger charge is 2.24. The molecule has 0 aliphatic carbocycles. The molecule has 0 bridgehead atoms. The van der Waals surface area contributed by atoms with E-state index in [0.29, 0.717) is 33.6 Å². The Morgan fingerprint density at radius 2 is 1.85 bits per heavy atom. The molecule has 0 atom stereocenters. The molecule has 33 heavy (non-hydrogen) atoms. The highest BCUT2D eigenvalue weighted by Crippen LogP contribution is 2.26. The minimum absolute atomic E-state index is 0.175. The van der Waals surface area contributed by atoms with Crippen LogP contribution in [0.25, 0.3) is 11.0 Å². The molecule has 0 spiro atoms. The van der Waals surface area contributed by atoms with Crippen molar-refractivity contribution in [1.82, 2.24) is 29.6 Å². The van der Waals surface area contributed by atoms with Gasteiger partial charge in [-0.25, -0.2) is 4.98 Å². The number of halogens is 2. The fraction of sp³-hybridized carbons (Fsp3) is 0.304. The molecular formula is C23H23Cl2N7O. The Bertz CT molecular complexity index is 1310. The molecular weight excluding hydrogens is 461 g/mol. The molecule has 170 valence electrons. The van der Waals surface area contributed by atoms with Gasteiger partial charge in [-0.05, 0) is 48.2 Å². The van der Waals surface area contributed by atoms with E-state index in [-0.39, 0.29) is 11.6 Å². The number of H-pyrrole nitrogens is 1. The lowest BCUT2D eigenvalue weighted by Crippen LogP contribution is -2.35. The molecule has 3 aromatic heterocycles. The summed E-state index contributed by atoms with van der Waals surface area (Å²) in [4.78, 5) is 26.8. The largest absolute Gasteiger partial charge is 0.352 e. The smallest absolute Gasteiger partial charge is 0.278 e. The molecule has 0 radical (unpaired) electrons. The summed E-state index contributed by atoms with van der Waals surface area (Å²) < 4.78 is 1.84. The second-order valence-electron chi connectivity index (χ2n) is 8.20. The van der Waals surface area contributed by atoms with Gasteiger partial charge in [0, 0.05) is 38.6 Å². The second-order valence-corrected chi connectivity index (χ2v) is 9.02. The number of aromatic amines is 1. The molecule has 1 fully saturated rings. The highest BCUT2D eigenvalue weighted by atomic mass is 35.5. The van der Waals surface area contributed by atoms with Crippen molar-refractivity contribution in [2.24, 2.45) is 0 Å². The minimum Gasteiger partial charge on any atom is -0.352 e. The first-order chi connectivity index (χ1) is 16.1. The number of rotatable bonds is 6. The van der Waals surface area contributed by atoms with E-state index in [1.165, 1.54) is 5.56 Å². The third kappa shape index (κ3) is 4.88. The van der Waals surface area contributed by atoms with Crippen LogP contribution in [-0.4, -0.2) is 42.7 Å². The fourth-order valence-electron chi connectivity index (χ4n) is 4.23. The molecule has 1 aliphatic heterocycles. The molecule has 5 rings (SSSR count). The molecule has 0 amide bonds. The summed E-state index contributed by atoms with van der Waals surface area (Å²) in [5, 5.41) is 8.65. The number of piperidine rings is 1. The van der Waals surface area contributed by atoms with E-state index in [0.717, 1.165) is 38.0 Å². The topological polar surface area (TPSA) is 91.7 Å². The van der Waals surface area contributed by atoms with Crippen molar-refractivity contribution >= 4 is 40.2 Å². The lowest BCUT2D eigenvalue weighted by molar-refractivity contribution is 0.175. The first-order valence-electron chi connectivity index (χ1n) is 10.8. The average molecular weight is 484 g/mol. The molecule has 1 aromatic carbocycles. The molecule has 4 aromatic rings. The van der Waals surface area contributed by atoms with Crippen molar-refractivity contribution in [2.75, 3.05) is 18.4 Å². The number of benzene rings is 1. The first kappa shape index (κ1) is 21.9. The van der Waals surface area contributed by atoms with Gasteiger partial charge in [0.25, 0.3) is 5.56 Å². The average Bonchev–Trinajstić information content (AvgIpc) is 3.26. The number of nitrogens with zero attached hydrogens (tertiary/aromatic N) is 5. The quantitative estimate of drug-likeness (QED) is 0.425. The van der Waals surface area contributed by atoms with E-state index < -0.39 is 0 Å². The summed E-state index contributed by atoms with van der Waals surface area (Å²) in [5.74, 6) is 0.394. The van der Waals surface area contributed by atoms with E-state index in [9.17, 15) is 4.79 Å². The van der Waals surface area contributed by atoms with Crippen LogP contribution in [0.15, 0.2) is 53.7 Å². The van der Waals surface area contributed by atoms with Crippen LogP contribution < -0.4 is 10.9 Å².